The molecule has 0 saturated heterocycles. The molecule has 1 aliphatic rings. The largest absolute Gasteiger partial charge is 0.481 e. The minimum Gasteiger partial charge on any atom is -0.481 e. The minimum absolute atomic E-state index is 0.0764. The van der Waals surface area contributed by atoms with Gasteiger partial charge in [-0.1, -0.05) is 20.8 Å². The summed E-state index contributed by atoms with van der Waals surface area (Å²) in [5.74, 6) is -0.211. The smallest absolute Gasteiger partial charge is 0.307 e. The van der Waals surface area contributed by atoms with Gasteiger partial charge in [0.15, 0.2) is 0 Å². The monoisotopic (exact) mass is 142 g/mol. The summed E-state index contributed by atoms with van der Waals surface area (Å²) >= 11 is 0. The Labute approximate surface area is 61.2 Å². The van der Waals surface area contributed by atoms with E-state index in [2.05, 4.69) is 20.8 Å². The van der Waals surface area contributed by atoms with Gasteiger partial charge >= 0.3 is 5.97 Å². The van der Waals surface area contributed by atoms with E-state index in [0.717, 1.165) is 6.42 Å². The minimum atomic E-state index is -0.629. The molecule has 0 spiro atoms. The normalized spacial score (nSPS) is 38.2. The highest BCUT2D eigenvalue weighted by Crippen LogP contribution is 2.57. The molecule has 1 saturated carbocycles. The van der Waals surface area contributed by atoms with Crippen molar-refractivity contribution in [3.63, 3.8) is 0 Å². The van der Waals surface area contributed by atoms with Gasteiger partial charge in [-0.15, -0.1) is 0 Å². The van der Waals surface area contributed by atoms with Gasteiger partial charge in [0, 0.05) is 0 Å². The molecule has 0 bridgehead atoms. The lowest BCUT2D eigenvalue weighted by molar-refractivity contribution is -0.139. The molecule has 0 aromatic rings. The van der Waals surface area contributed by atoms with Crippen LogP contribution in [0.1, 0.15) is 27.2 Å². The van der Waals surface area contributed by atoms with Crippen LogP contribution in [0.5, 0.6) is 0 Å². The third-order valence-corrected chi connectivity index (χ3v) is 2.90. The van der Waals surface area contributed by atoms with Crippen LogP contribution in [0.15, 0.2) is 0 Å². The molecule has 0 unspecified atom stereocenters. The summed E-state index contributed by atoms with van der Waals surface area (Å²) in [6, 6.07) is 0. The molecule has 2 atom stereocenters. The summed E-state index contributed by atoms with van der Waals surface area (Å²) in [6.45, 7) is 6.22. The molecule has 58 valence electrons. The Hall–Kier alpha value is -0.530. The first kappa shape index (κ1) is 7.58. The van der Waals surface area contributed by atoms with Crippen molar-refractivity contribution < 1.29 is 9.90 Å². The number of hydrogen-bond donors (Lipinski definition) is 1. The number of rotatable bonds is 2. The van der Waals surface area contributed by atoms with Gasteiger partial charge < -0.3 is 5.11 Å². The highest BCUT2D eigenvalue weighted by molar-refractivity contribution is 5.74. The molecule has 0 amide bonds. The Balaban J connectivity index is 2.56. The van der Waals surface area contributed by atoms with Crippen LogP contribution in [0.3, 0.4) is 0 Å². The summed E-state index contributed by atoms with van der Waals surface area (Å²) in [7, 11) is 0. The summed E-state index contributed by atoms with van der Waals surface area (Å²) in [4.78, 5) is 10.5. The Morgan fingerprint density at radius 2 is 2.20 bits per heavy atom. The van der Waals surface area contributed by atoms with Gasteiger partial charge in [-0.05, 0) is 17.8 Å². The summed E-state index contributed by atoms with van der Waals surface area (Å²) < 4.78 is 0. The molecule has 1 fully saturated rings. The second-order valence-corrected chi connectivity index (χ2v) is 3.76. The molecule has 2 nitrogen and oxygen atoms in total. The highest BCUT2D eigenvalue weighted by Gasteiger charge is 2.56. The molecule has 1 aliphatic carbocycles. The van der Waals surface area contributed by atoms with Crippen molar-refractivity contribution in [3.05, 3.63) is 0 Å². The van der Waals surface area contributed by atoms with Crippen LogP contribution in [0.2, 0.25) is 0 Å². The van der Waals surface area contributed by atoms with Crippen molar-refractivity contribution in [2.75, 3.05) is 0 Å². The van der Waals surface area contributed by atoms with Gasteiger partial charge in [-0.2, -0.15) is 0 Å². The number of carboxylic acids is 1. The van der Waals surface area contributed by atoms with Gasteiger partial charge in [-0.3, -0.25) is 4.79 Å². The van der Waals surface area contributed by atoms with Gasteiger partial charge in [0.25, 0.3) is 0 Å². The zero-order valence-electron chi connectivity index (χ0n) is 6.72. The standard InChI is InChI=1S/C8H14O2/c1-5(2)8(3)4-6(8)7(9)10/h5-6H,4H2,1-3H3,(H,9,10)/t6-,8-/m1/s1. The summed E-state index contributed by atoms with van der Waals surface area (Å²) in [5, 5.41) is 8.64. The maximum atomic E-state index is 10.5. The van der Waals surface area contributed by atoms with Crippen LogP contribution in [0.4, 0.5) is 0 Å². The molecule has 1 N–H and O–H groups in total. The van der Waals surface area contributed by atoms with E-state index in [4.69, 9.17) is 5.11 Å². The Morgan fingerprint density at radius 1 is 1.70 bits per heavy atom. The van der Waals surface area contributed by atoms with E-state index in [9.17, 15) is 4.79 Å². The molecule has 0 aromatic heterocycles. The molecule has 1 rings (SSSR count). The Bertz CT molecular complexity index is 163. The van der Waals surface area contributed by atoms with E-state index in [1.165, 1.54) is 0 Å². The fourth-order valence-electron chi connectivity index (χ4n) is 1.39. The highest BCUT2D eigenvalue weighted by atomic mass is 16.4. The van der Waals surface area contributed by atoms with Gasteiger partial charge in [0.1, 0.15) is 0 Å². The fourth-order valence-corrected chi connectivity index (χ4v) is 1.39. The second-order valence-electron chi connectivity index (χ2n) is 3.76. The van der Waals surface area contributed by atoms with E-state index in [0.29, 0.717) is 5.92 Å². The lowest BCUT2D eigenvalue weighted by Gasteiger charge is -2.13. The molecular formula is C8H14O2. The van der Waals surface area contributed by atoms with Gasteiger partial charge in [0.2, 0.25) is 0 Å². The second kappa shape index (κ2) is 1.97. The zero-order chi connectivity index (χ0) is 7.94. The molecule has 0 aliphatic heterocycles. The average Bonchev–Trinajstić information content (AvgIpc) is 2.43. The number of hydrogen-bond acceptors (Lipinski definition) is 1. The topological polar surface area (TPSA) is 37.3 Å². The van der Waals surface area contributed by atoms with E-state index in [1.807, 2.05) is 0 Å². The van der Waals surface area contributed by atoms with Crippen molar-refractivity contribution in [1.29, 1.82) is 0 Å². The van der Waals surface area contributed by atoms with Crippen molar-refractivity contribution in [2.24, 2.45) is 17.3 Å². The van der Waals surface area contributed by atoms with Crippen molar-refractivity contribution >= 4 is 5.97 Å². The lowest BCUT2D eigenvalue weighted by atomic mass is 9.92. The van der Waals surface area contributed by atoms with Crippen LogP contribution in [-0.4, -0.2) is 11.1 Å². The van der Waals surface area contributed by atoms with E-state index in [-0.39, 0.29) is 11.3 Å². The maximum absolute atomic E-state index is 10.5. The van der Waals surface area contributed by atoms with Crippen LogP contribution in [-0.2, 0) is 4.79 Å². The summed E-state index contributed by atoms with van der Waals surface area (Å²) in [6.07, 6.45) is 0.861. The first-order valence-electron chi connectivity index (χ1n) is 3.71. The predicted octanol–water partition coefficient (Wildman–Crippen LogP) is 1.75. The zero-order valence-corrected chi connectivity index (χ0v) is 6.72. The molecule has 2 heteroatoms. The predicted molar refractivity (Wildman–Crippen MR) is 38.7 cm³/mol. The molecule has 0 aromatic carbocycles. The van der Waals surface area contributed by atoms with Crippen LogP contribution in [0, 0.1) is 17.3 Å². The summed E-state index contributed by atoms with van der Waals surface area (Å²) in [5.41, 5.74) is 0.0891. The lowest BCUT2D eigenvalue weighted by Crippen LogP contribution is -2.12. The molecule has 0 heterocycles. The first-order chi connectivity index (χ1) is 4.48. The first-order valence-corrected chi connectivity index (χ1v) is 3.71. The van der Waals surface area contributed by atoms with Crippen LogP contribution >= 0.6 is 0 Å². The third-order valence-electron chi connectivity index (χ3n) is 2.90. The van der Waals surface area contributed by atoms with Crippen molar-refractivity contribution in [3.8, 4) is 0 Å². The van der Waals surface area contributed by atoms with Gasteiger partial charge in [0.05, 0.1) is 5.92 Å². The van der Waals surface area contributed by atoms with Crippen LogP contribution in [0.25, 0.3) is 0 Å². The Morgan fingerprint density at radius 3 is 2.30 bits per heavy atom. The van der Waals surface area contributed by atoms with E-state index in [1.54, 1.807) is 0 Å². The van der Waals surface area contributed by atoms with E-state index < -0.39 is 5.97 Å². The maximum Gasteiger partial charge on any atom is 0.307 e. The van der Waals surface area contributed by atoms with Crippen molar-refractivity contribution in [1.82, 2.24) is 0 Å². The number of carbonyl (C=O) groups is 1. The SMILES string of the molecule is CC(C)[C@@]1(C)C[C@@H]1C(=O)O. The quantitative estimate of drug-likeness (QED) is 0.637. The number of carboxylic acid groups (broad SMARTS) is 1. The van der Waals surface area contributed by atoms with Crippen LogP contribution < -0.4 is 0 Å². The van der Waals surface area contributed by atoms with Gasteiger partial charge in [-0.25, -0.2) is 0 Å². The average molecular weight is 142 g/mol. The molecule has 10 heavy (non-hydrogen) atoms. The number of aliphatic carboxylic acids is 1. The van der Waals surface area contributed by atoms with E-state index >= 15 is 0 Å². The molecular weight excluding hydrogens is 128 g/mol. The third kappa shape index (κ3) is 0.917. The van der Waals surface area contributed by atoms with Crippen molar-refractivity contribution in [2.45, 2.75) is 27.2 Å². The fraction of sp³-hybridized carbons (Fsp3) is 0.875. The molecule has 0 radical (unpaired) electrons. The Kier molecular flexibility index (Phi) is 1.50.